The van der Waals surface area contributed by atoms with Crippen LogP contribution >= 0.6 is 0 Å². The van der Waals surface area contributed by atoms with Gasteiger partial charge in [0.1, 0.15) is 17.9 Å². The number of ether oxygens (including phenoxy) is 2. The van der Waals surface area contributed by atoms with Gasteiger partial charge in [-0.25, -0.2) is 0 Å². The number of methoxy groups -OCH3 is 1. The average molecular weight is 417 g/mol. The monoisotopic (exact) mass is 417 g/mol. The number of rotatable bonds is 6. The van der Waals surface area contributed by atoms with Gasteiger partial charge in [0.25, 0.3) is 5.69 Å². The van der Waals surface area contributed by atoms with Crippen LogP contribution < -0.4 is 14.9 Å². The van der Waals surface area contributed by atoms with E-state index in [0.717, 1.165) is 5.56 Å². The third-order valence-corrected chi connectivity index (χ3v) is 4.89. The van der Waals surface area contributed by atoms with E-state index in [1.807, 2.05) is 19.1 Å². The lowest BCUT2D eigenvalue weighted by molar-refractivity contribution is -0.384. The molecule has 1 heterocycles. The molecule has 4 rings (SSSR count). The standard InChI is InChI=1S/C24H19NO6/c1-15-3-12-20-21(13-15)31-23(17-6-10-19(29-2)11-7-17)24(22(20)26)30-14-16-4-8-18(9-5-16)25(27)28/h3-13H,14H2,1-2H3. The average Bonchev–Trinajstić information content (AvgIpc) is 2.78. The van der Waals surface area contributed by atoms with Gasteiger partial charge in [0.2, 0.25) is 11.2 Å². The molecule has 0 radical (unpaired) electrons. The molecule has 31 heavy (non-hydrogen) atoms. The van der Waals surface area contributed by atoms with E-state index in [9.17, 15) is 14.9 Å². The maximum absolute atomic E-state index is 13.2. The van der Waals surface area contributed by atoms with Gasteiger partial charge in [-0.1, -0.05) is 6.07 Å². The van der Waals surface area contributed by atoms with Crippen LogP contribution in [0.5, 0.6) is 11.5 Å². The maximum Gasteiger partial charge on any atom is 0.269 e. The third-order valence-electron chi connectivity index (χ3n) is 4.89. The van der Waals surface area contributed by atoms with Crippen LogP contribution in [-0.4, -0.2) is 12.0 Å². The molecule has 0 aliphatic carbocycles. The summed E-state index contributed by atoms with van der Waals surface area (Å²) >= 11 is 0. The summed E-state index contributed by atoms with van der Waals surface area (Å²) in [5.74, 6) is 1.07. The first-order chi connectivity index (χ1) is 15.0. The Labute approximate surface area is 177 Å². The van der Waals surface area contributed by atoms with E-state index >= 15 is 0 Å². The second kappa shape index (κ2) is 8.31. The van der Waals surface area contributed by atoms with Gasteiger partial charge in [-0.15, -0.1) is 0 Å². The van der Waals surface area contributed by atoms with E-state index in [0.29, 0.717) is 33.6 Å². The van der Waals surface area contributed by atoms with Crippen LogP contribution in [0.15, 0.2) is 75.9 Å². The summed E-state index contributed by atoms with van der Waals surface area (Å²) in [5, 5.41) is 11.3. The lowest BCUT2D eigenvalue weighted by Gasteiger charge is -2.12. The second-order valence-electron chi connectivity index (χ2n) is 7.03. The predicted molar refractivity (Wildman–Crippen MR) is 117 cm³/mol. The minimum absolute atomic E-state index is 0.0109. The van der Waals surface area contributed by atoms with Crippen LogP contribution in [0.2, 0.25) is 0 Å². The van der Waals surface area contributed by atoms with Gasteiger partial charge in [-0.05, 0) is 66.6 Å². The number of benzene rings is 3. The highest BCUT2D eigenvalue weighted by molar-refractivity contribution is 5.82. The van der Waals surface area contributed by atoms with E-state index < -0.39 is 4.92 Å². The summed E-state index contributed by atoms with van der Waals surface area (Å²) in [6.45, 7) is 1.98. The van der Waals surface area contributed by atoms with E-state index in [2.05, 4.69) is 0 Å². The Hall–Kier alpha value is -4.13. The zero-order chi connectivity index (χ0) is 22.0. The predicted octanol–water partition coefficient (Wildman–Crippen LogP) is 5.26. The van der Waals surface area contributed by atoms with Crippen molar-refractivity contribution in [2.24, 2.45) is 0 Å². The molecule has 7 nitrogen and oxygen atoms in total. The van der Waals surface area contributed by atoms with Crippen LogP contribution in [0.25, 0.3) is 22.3 Å². The summed E-state index contributed by atoms with van der Waals surface area (Å²) in [4.78, 5) is 23.6. The number of nitro groups is 1. The van der Waals surface area contributed by atoms with Crippen molar-refractivity contribution < 1.29 is 18.8 Å². The first-order valence-corrected chi connectivity index (χ1v) is 9.54. The molecule has 0 aliphatic rings. The second-order valence-corrected chi connectivity index (χ2v) is 7.03. The zero-order valence-corrected chi connectivity index (χ0v) is 17.0. The number of nitro benzene ring substituents is 1. The highest BCUT2D eigenvalue weighted by Crippen LogP contribution is 2.32. The fourth-order valence-corrected chi connectivity index (χ4v) is 3.22. The summed E-state index contributed by atoms with van der Waals surface area (Å²) < 4.78 is 17.2. The largest absolute Gasteiger partial charge is 0.497 e. The van der Waals surface area contributed by atoms with Gasteiger partial charge >= 0.3 is 0 Å². The highest BCUT2D eigenvalue weighted by atomic mass is 16.6. The number of nitrogens with zero attached hydrogens (tertiary/aromatic N) is 1. The molecular weight excluding hydrogens is 398 g/mol. The molecule has 0 fully saturated rings. The first kappa shape index (κ1) is 20.2. The Kier molecular flexibility index (Phi) is 5.41. The summed E-state index contributed by atoms with van der Waals surface area (Å²) in [6, 6.07) is 18.5. The SMILES string of the molecule is COc1ccc(-c2oc3cc(C)ccc3c(=O)c2OCc2ccc([N+](=O)[O-])cc2)cc1. The fourth-order valence-electron chi connectivity index (χ4n) is 3.22. The van der Waals surface area contributed by atoms with Gasteiger partial charge in [0, 0.05) is 17.7 Å². The van der Waals surface area contributed by atoms with E-state index in [4.69, 9.17) is 13.9 Å². The van der Waals surface area contributed by atoms with Gasteiger partial charge in [0.05, 0.1) is 17.4 Å². The molecule has 0 aliphatic heterocycles. The van der Waals surface area contributed by atoms with E-state index in [1.165, 1.54) is 12.1 Å². The number of non-ortho nitro benzene ring substituents is 1. The third kappa shape index (κ3) is 4.11. The fraction of sp³-hybridized carbons (Fsp3) is 0.125. The number of aryl methyl sites for hydroxylation is 1. The number of hydrogen-bond donors (Lipinski definition) is 0. The lowest BCUT2D eigenvalue weighted by atomic mass is 10.1. The summed E-state index contributed by atoms with van der Waals surface area (Å²) in [6.07, 6.45) is 0. The van der Waals surface area contributed by atoms with E-state index in [-0.39, 0.29) is 23.5 Å². The Morgan fingerprint density at radius 1 is 1.00 bits per heavy atom. The van der Waals surface area contributed by atoms with Crippen molar-refractivity contribution in [3.8, 4) is 22.8 Å². The molecule has 0 saturated carbocycles. The molecular formula is C24H19NO6. The molecule has 0 N–H and O–H groups in total. The summed E-state index contributed by atoms with van der Waals surface area (Å²) in [5.41, 5.74) is 2.50. The Bertz CT molecular complexity index is 1310. The van der Waals surface area contributed by atoms with E-state index in [1.54, 1.807) is 49.6 Å². The highest BCUT2D eigenvalue weighted by Gasteiger charge is 2.18. The van der Waals surface area contributed by atoms with Crippen LogP contribution in [-0.2, 0) is 6.61 Å². The van der Waals surface area contributed by atoms with Crippen LogP contribution in [0, 0.1) is 17.0 Å². The molecule has 0 amide bonds. The minimum Gasteiger partial charge on any atom is -0.497 e. The maximum atomic E-state index is 13.2. The normalized spacial score (nSPS) is 10.8. The molecule has 3 aromatic carbocycles. The van der Waals surface area contributed by atoms with Gasteiger partial charge < -0.3 is 13.9 Å². The van der Waals surface area contributed by atoms with Crippen molar-refractivity contribution in [2.75, 3.05) is 7.11 Å². The topological polar surface area (TPSA) is 91.8 Å². The Balaban J connectivity index is 1.77. The Morgan fingerprint density at radius 3 is 2.35 bits per heavy atom. The van der Waals surface area contributed by atoms with Crippen molar-refractivity contribution in [3.63, 3.8) is 0 Å². The van der Waals surface area contributed by atoms with Crippen LogP contribution in [0.3, 0.4) is 0 Å². The summed E-state index contributed by atoms with van der Waals surface area (Å²) in [7, 11) is 1.58. The van der Waals surface area contributed by atoms with Crippen molar-refractivity contribution >= 4 is 16.7 Å². The van der Waals surface area contributed by atoms with Crippen molar-refractivity contribution in [2.45, 2.75) is 13.5 Å². The quantitative estimate of drug-likeness (QED) is 0.314. The van der Waals surface area contributed by atoms with Gasteiger partial charge in [-0.2, -0.15) is 0 Å². The van der Waals surface area contributed by atoms with Crippen molar-refractivity contribution in [1.82, 2.24) is 0 Å². The lowest BCUT2D eigenvalue weighted by Crippen LogP contribution is -2.10. The molecule has 7 heteroatoms. The van der Waals surface area contributed by atoms with Crippen molar-refractivity contribution in [3.05, 3.63) is 98.2 Å². The minimum atomic E-state index is -0.466. The number of fused-ring (bicyclic) bond motifs is 1. The first-order valence-electron chi connectivity index (χ1n) is 9.54. The van der Waals surface area contributed by atoms with Crippen LogP contribution in [0.4, 0.5) is 5.69 Å². The molecule has 4 aromatic rings. The van der Waals surface area contributed by atoms with Gasteiger partial charge in [0.15, 0.2) is 5.76 Å². The molecule has 0 spiro atoms. The van der Waals surface area contributed by atoms with Gasteiger partial charge in [-0.3, -0.25) is 14.9 Å². The smallest absolute Gasteiger partial charge is 0.269 e. The molecule has 0 saturated heterocycles. The number of hydrogen-bond acceptors (Lipinski definition) is 6. The zero-order valence-electron chi connectivity index (χ0n) is 17.0. The Morgan fingerprint density at radius 2 is 1.71 bits per heavy atom. The molecule has 156 valence electrons. The van der Waals surface area contributed by atoms with Crippen LogP contribution in [0.1, 0.15) is 11.1 Å². The molecule has 0 unspecified atom stereocenters. The molecule has 1 aromatic heterocycles. The molecule has 0 atom stereocenters. The van der Waals surface area contributed by atoms with Crippen molar-refractivity contribution in [1.29, 1.82) is 0 Å². The molecule has 0 bridgehead atoms.